The van der Waals surface area contributed by atoms with Gasteiger partial charge in [0.25, 0.3) is 0 Å². The van der Waals surface area contributed by atoms with E-state index in [1.807, 2.05) is 0 Å². The van der Waals surface area contributed by atoms with E-state index in [1.54, 1.807) is 31.4 Å². The molecule has 0 aliphatic heterocycles. The fourth-order valence-corrected chi connectivity index (χ4v) is 1.48. The van der Waals surface area contributed by atoms with Gasteiger partial charge >= 0.3 is 6.09 Å². The minimum atomic E-state index is -0.612. The summed E-state index contributed by atoms with van der Waals surface area (Å²) < 4.78 is 7.30. The predicted molar refractivity (Wildman–Crippen MR) is 64.8 cm³/mol. The molecule has 0 unspecified atom stereocenters. The first-order valence-electron chi connectivity index (χ1n) is 4.73. The number of carbonyl (C=O) groups is 1. The molecule has 0 aliphatic carbocycles. The zero-order valence-corrected chi connectivity index (χ0v) is 10.5. The van der Waals surface area contributed by atoms with Gasteiger partial charge in [-0.05, 0) is 6.07 Å². The van der Waals surface area contributed by atoms with Crippen molar-refractivity contribution in [1.29, 1.82) is 0 Å². The van der Waals surface area contributed by atoms with E-state index in [2.05, 4.69) is 31.3 Å². The van der Waals surface area contributed by atoms with Gasteiger partial charge in [0.2, 0.25) is 5.88 Å². The summed E-state index contributed by atoms with van der Waals surface area (Å²) in [5.74, 6) is 0.768. The Hall–Kier alpha value is -1.89. The molecule has 0 saturated carbocycles. The van der Waals surface area contributed by atoms with Crippen molar-refractivity contribution < 1.29 is 9.53 Å². The molecule has 2 aromatic rings. The third-order valence-corrected chi connectivity index (χ3v) is 2.44. The summed E-state index contributed by atoms with van der Waals surface area (Å²) in [7, 11) is 1.72. The first-order valence-corrected chi connectivity index (χ1v) is 5.53. The lowest BCUT2D eigenvalue weighted by Crippen LogP contribution is -2.19. The Morgan fingerprint density at radius 3 is 2.94 bits per heavy atom. The quantitative estimate of drug-likeness (QED) is 0.922. The molecule has 6 nitrogen and oxygen atoms in total. The smallest absolute Gasteiger partial charge is 0.391 e. The Morgan fingerprint density at radius 1 is 1.47 bits per heavy atom. The third-order valence-electron chi connectivity index (χ3n) is 1.95. The van der Waals surface area contributed by atoms with Crippen molar-refractivity contribution >= 4 is 27.8 Å². The summed E-state index contributed by atoms with van der Waals surface area (Å²) in [6.07, 6.45) is 2.50. The van der Waals surface area contributed by atoms with Gasteiger partial charge in [-0.1, -0.05) is 15.9 Å². The standard InChI is InChI=1S/C10H9BrN4O2/c1-15-8(3-5-13-15)14-10(16)17-9-6-7(11)2-4-12-9/h2-6H,1H3,(H,14,16). The van der Waals surface area contributed by atoms with Gasteiger partial charge in [-0.25, -0.2) is 9.78 Å². The molecule has 0 saturated heterocycles. The highest BCUT2D eigenvalue weighted by atomic mass is 79.9. The van der Waals surface area contributed by atoms with Crippen LogP contribution in [0.3, 0.4) is 0 Å². The highest BCUT2D eigenvalue weighted by molar-refractivity contribution is 9.10. The predicted octanol–water partition coefficient (Wildman–Crippen LogP) is 2.19. The van der Waals surface area contributed by atoms with Crippen LogP contribution in [-0.4, -0.2) is 20.9 Å². The molecule has 0 bridgehead atoms. The SMILES string of the molecule is Cn1nccc1NC(=O)Oc1cc(Br)ccn1. The van der Waals surface area contributed by atoms with Crippen LogP contribution in [0.5, 0.6) is 5.88 Å². The number of hydrogen-bond acceptors (Lipinski definition) is 4. The first kappa shape index (κ1) is 11.6. The molecule has 88 valence electrons. The van der Waals surface area contributed by atoms with Crippen molar-refractivity contribution in [1.82, 2.24) is 14.8 Å². The number of nitrogens with one attached hydrogen (secondary N) is 1. The molecule has 17 heavy (non-hydrogen) atoms. The van der Waals surface area contributed by atoms with Crippen LogP contribution >= 0.6 is 15.9 Å². The Balaban J connectivity index is 2.01. The maximum absolute atomic E-state index is 11.5. The minimum Gasteiger partial charge on any atom is -0.391 e. The normalized spacial score (nSPS) is 10.0. The largest absolute Gasteiger partial charge is 0.419 e. The van der Waals surface area contributed by atoms with Crippen LogP contribution < -0.4 is 10.1 Å². The number of aromatic nitrogens is 3. The van der Waals surface area contributed by atoms with Crippen molar-refractivity contribution in [2.24, 2.45) is 7.05 Å². The molecule has 0 aromatic carbocycles. The minimum absolute atomic E-state index is 0.221. The van der Waals surface area contributed by atoms with Crippen molar-refractivity contribution in [2.45, 2.75) is 0 Å². The molecule has 1 N–H and O–H groups in total. The molecule has 0 radical (unpaired) electrons. The monoisotopic (exact) mass is 296 g/mol. The number of hydrogen-bond donors (Lipinski definition) is 1. The molecular formula is C10H9BrN4O2. The number of anilines is 1. The van der Waals surface area contributed by atoms with E-state index in [0.717, 1.165) is 4.47 Å². The van der Waals surface area contributed by atoms with Crippen molar-refractivity contribution in [3.63, 3.8) is 0 Å². The van der Waals surface area contributed by atoms with Crippen LogP contribution in [0.2, 0.25) is 0 Å². The Kier molecular flexibility index (Phi) is 3.38. The van der Waals surface area contributed by atoms with Gasteiger partial charge in [0.15, 0.2) is 0 Å². The van der Waals surface area contributed by atoms with Crippen LogP contribution in [0.1, 0.15) is 0 Å². The lowest BCUT2D eigenvalue weighted by Gasteiger charge is -2.05. The maximum Gasteiger partial charge on any atom is 0.419 e. The van der Waals surface area contributed by atoms with Crippen LogP contribution in [0, 0.1) is 0 Å². The number of aryl methyl sites for hydroxylation is 1. The van der Waals surface area contributed by atoms with Gasteiger partial charge in [-0.3, -0.25) is 10.00 Å². The third kappa shape index (κ3) is 3.04. The second-order valence-electron chi connectivity index (χ2n) is 3.17. The van der Waals surface area contributed by atoms with Gasteiger partial charge in [0.1, 0.15) is 5.82 Å². The van der Waals surface area contributed by atoms with Crippen LogP contribution in [0.4, 0.5) is 10.6 Å². The van der Waals surface area contributed by atoms with E-state index in [9.17, 15) is 4.79 Å². The number of nitrogens with zero attached hydrogens (tertiary/aromatic N) is 3. The molecule has 2 heterocycles. The van der Waals surface area contributed by atoms with Crippen LogP contribution in [-0.2, 0) is 7.05 Å². The topological polar surface area (TPSA) is 69.0 Å². The molecule has 2 rings (SSSR count). The highest BCUT2D eigenvalue weighted by Crippen LogP contribution is 2.15. The fourth-order valence-electron chi connectivity index (χ4n) is 1.16. The van der Waals surface area contributed by atoms with Crippen molar-refractivity contribution in [3.8, 4) is 5.88 Å². The molecule has 0 spiro atoms. The Bertz CT molecular complexity index is 541. The van der Waals surface area contributed by atoms with Gasteiger partial charge in [-0.15, -0.1) is 0 Å². The maximum atomic E-state index is 11.5. The van der Waals surface area contributed by atoms with Crippen LogP contribution in [0.25, 0.3) is 0 Å². The Morgan fingerprint density at radius 2 is 2.29 bits per heavy atom. The van der Waals surface area contributed by atoms with E-state index in [-0.39, 0.29) is 5.88 Å². The average molecular weight is 297 g/mol. The molecule has 0 fully saturated rings. The number of rotatable bonds is 2. The molecular weight excluding hydrogens is 288 g/mol. The summed E-state index contributed by atoms with van der Waals surface area (Å²) in [6.45, 7) is 0. The summed E-state index contributed by atoms with van der Waals surface area (Å²) >= 11 is 3.26. The summed E-state index contributed by atoms with van der Waals surface area (Å²) in [5, 5.41) is 6.46. The summed E-state index contributed by atoms with van der Waals surface area (Å²) in [6, 6.07) is 5.00. The van der Waals surface area contributed by atoms with Gasteiger partial charge < -0.3 is 4.74 Å². The second-order valence-corrected chi connectivity index (χ2v) is 4.08. The summed E-state index contributed by atoms with van der Waals surface area (Å²) in [5.41, 5.74) is 0. The number of halogens is 1. The van der Waals surface area contributed by atoms with Crippen molar-refractivity contribution in [3.05, 3.63) is 35.1 Å². The lowest BCUT2D eigenvalue weighted by atomic mass is 10.5. The zero-order chi connectivity index (χ0) is 12.3. The Labute approximate surface area is 106 Å². The number of pyridine rings is 1. The van der Waals surface area contributed by atoms with Crippen molar-refractivity contribution in [2.75, 3.05) is 5.32 Å². The molecule has 7 heteroatoms. The second kappa shape index (κ2) is 4.96. The van der Waals surface area contributed by atoms with Gasteiger partial charge in [0, 0.05) is 29.8 Å². The average Bonchev–Trinajstić information content (AvgIpc) is 2.64. The number of ether oxygens (including phenoxy) is 1. The van der Waals surface area contributed by atoms with Gasteiger partial charge in [-0.2, -0.15) is 5.10 Å². The first-order chi connectivity index (χ1) is 8.15. The molecule has 0 atom stereocenters. The fraction of sp³-hybridized carbons (Fsp3) is 0.100. The number of carbonyl (C=O) groups excluding carboxylic acids is 1. The zero-order valence-electron chi connectivity index (χ0n) is 8.92. The molecule has 1 amide bonds. The van der Waals surface area contributed by atoms with E-state index >= 15 is 0 Å². The van der Waals surface area contributed by atoms with Gasteiger partial charge in [0.05, 0.1) is 6.20 Å². The van der Waals surface area contributed by atoms with E-state index in [1.165, 1.54) is 10.9 Å². The lowest BCUT2D eigenvalue weighted by molar-refractivity contribution is 0.213. The van der Waals surface area contributed by atoms with E-state index in [4.69, 9.17) is 4.74 Å². The van der Waals surface area contributed by atoms with Crippen LogP contribution in [0.15, 0.2) is 35.1 Å². The molecule has 0 aliphatic rings. The highest BCUT2D eigenvalue weighted by Gasteiger charge is 2.08. The van der Waals surface area contributed by atoms with E-state index < -0.39 is 6.09 Å². The number of amides is 1. The molecule has 2 aromatic heterocycles. The summed E-state index contributed by atoms with van der Waals surface area (Å²) in [4.78, 5) is 15.4. The van der Waals surface area contributed by atoms with E-state index in [0.29, 0.717) is 5.82 Å².